The van der Waals surface area contributed by atoms with Gasteiger partial charge in [-0.05, 0) is 42.5 Å². The molecule has 0 bridgehead atoms. The first-order valence-electron chi connectivity index (χ1n) is 8.39. The Morgan fingerprint density at radius 1 is 1.24 bits per heavy atom. The molecule has 0 fully saturated rings. The lowest BCUT2D eigenvalue weighted by atomic mass is 10.1. The highest BCUT2D eigenvalue weighted by Crippen LogP contribution is 2.19. The van der Waals surface area contributed by atoms with E-state index in [0.29, 0.717) is 5.95 Å². The van der Waals surface area contributed by atoms with Crippen molar-refractivity contribution in [3.8, 4) is 5.82 Å². The van der Waals surface area contributed by atoms with Crippen molar-refractivity contribution in [1.82, 2.24) is 14.5 Å². The molecule has 1 aromatic carbocycles. The number of fused-ring (bicyclic) bond motifs is 1. The normalized spacial score (nSPS) is 12.0. The Balaban J connectivity index is 1.74. The maximum Gasteiger partial charge on any atom is 0.224 e. The summed E-state index contributed by atoms with van der Waals surface area (Å²) in [5.41, 5.74) is 2.36. The van der Waals surface area contributed by atoms with E-state index < -0.39 is 0 Å². The van der Waals surface area contributed by atoms with Crippen molar-refractivity contribution in [2.45, 2.75) is 13.3 Å². The lowest BCUT2D eigenvalue weighted by molar-refractivity contribution is 0.960. The van der Waals surface area contributed by atoms with Gasteiger partial charge >= 0.3 is 0 Å². The molecule has 0 atom stereocenters. The smallest absolute Gasteiger partial charge is 0.224 e. The van der Waals surface area contributed by atoms with Gasteiger partial charge in [0.05, 0.1) is 5.52 Å². The van der Waals surface area contributed by atoms with Crippen LogP contribution < -0.4 is 5.32 Å². The van der Waals surface area contributed by atoms with Crippen LogP contribution in [0.3, 0.4) is 0 Å². The van der Waals surface area contributed by atoms with Crippen LogP contribution in [0.1, 0.15) is 13.3 Å². The number of hydrogen-bond acceptors (Lipinski definition) is 3. The highest BCUT2D eigenvalue weighted by Gasteiger charge is 2.05. The summed E-state index contributed by atoms with van der Waals surface area (Å²) in [7, 11) is 0. The molecule has 4 nitrogen and oxygen atoms in total. The van der Waals surface area contributed by atoms with Gasteiger partial charge in [-0.3, -0.25) is 0 Å². The van der Waals surface area contributed by atoms with Crippen LogP contribution in [0.15, 0.2) is 85.2 Å². The Morgan fingerprint density at radius 2 is 2.12 bits per heavy atom. The Labute approximate surface area is 148 Å². The number of nitrogens with one attached hydrogen (secondary N) is 1. The number of nitrogens with zero attached hydrogens (tertiary/aromatic N) is 3. The van der Waals surface area contributed by atoms with Crippen molar-refractivity contribution < 1.29 is 0 Å². The highest BCUT2D eigenvalue weighted by atomic mass is 15.2. The van der Waals surface area contributed by atoms with Crippen LogP contribution in [0, 0.1) is 0 Å². The molecular formula is C21H22N4. The van der Waals surface area contributed by atoms with Crippen LogP contribution in [0.5, 0.6) is 0 Å². The molecule has 0 saturated heterocycles. The highest BCUT2D eigenvalue weighted by molar-refractivity contribution is 5.81. The van der Waals surface area contributed by atoms with E-state index >= 15 is 0 Å². The molecule has 0 amide bonds. The van der Waals surface area contributed by atoms with E-state index in [4.69, 9.17) is 0 Å². The van der Waals surface area contributed by atoms with Gasteiger partial charge in [-0.2, -0.15) is 4.98 Å². The second-order valence-corrected chi connectivity index (χ2v) is 5.64. The van der Waals surface area contributed by atoms with E-state index in [9.17, 15) is 0 Å². The van der Waals surface area contributed by atoms with Gasteiger partial charge < -0.3 is 9.88 Å². The summed E-state index contributed by atoms with van der Waals surface area (Å²) in [6, 6.07) is 12.3. The number of rotatable bonds is 7. The Morgan fingerprint density at radius 3 is 2.96 bits per heavy atom. The quantitative estimate of drug-likeness (QED) is 0.626. The standard InChI is InChI=1S/C21H22N4/c1-3-7-17(8-4-2)11-14-22-21-23-15-12-20(24-21)25-16-13-18-9-5-6-10-19(18)25/h3-10,12-13,15-16H,1,11,14H2,2H3,(H,22,23,24)/b8-4-,17-7+. The van der Waals surface area contributed by atoms with Crippen molar-refractivity contribution in [3.05, 3.63) is 85.2 Å². The number of anilines is 1. The molecule has 0 saturated carbocycles. The summed E-state index contributed by atoms with van der Waals surface area (Å²) in [5, 5.41) is 4.49. The molecule has 2 aromatic heterocycles. The van der Waals surface area contributed by atoms with Gasteiger partial charge in [0.2, 0.25) is 5.95 Å². The Hall–Kier alpha value is -3.14. The first-order valence-corrected chi connectivity index (χ1v) is 8.39. The molecule has 0 unspecified atom stereocenters. The van der Waals surface area contributed by atoms with Crippen LogP contribution in [-0.4, -0.2) is 21.1 Å². The van der Waals surface area contributed by atoms with E-state index in [-0.39, 0.29) is 0 Å². The molecule has 4 heteroatoms. The average molecular weight is 330 g/mol. The summed E-state index contributed by atoms with van der Waals surface area (Å²) in [4.78, 5) is 8.96. The van der Waals surface area contributed by atoms with Gasteiger partial charge in [0.1, 0.15) is 5.82 Å². The first kappa shape index (κ1) is 16.7. The third kappa shape index (κ3) is 4.04. The van der Waals surface area contributed by atoms with E-state index in [0.717, 1.165) is 24.3 Å². The minimum absolute atomic E-state index is 0.633. The fraction of sp³-hybridized carbons (Fsp3) is 0.143. The third-order valence-corrected chi connectivity index (χ3v) is 3.90. The number of benzene rings is 1. The largest absolute Gasteiger partial charge is 0.354 e. The summed E-state index contributed by atoms with van der Waals surface area (Å²) in [6.07, 6.45) is 12.7. The van der Waals surface area contributed by atoms with Gasteiger partial charge in [0, 0.05) is 18.9 Å². The predicted octanol–water partition coefficient (Wildman–Crippen LogP) is 4.91. The summed E-state index contributed by atoms with van der Waals surface area (Å²) >= 11 is 0. The second-order valence-electron chi connectivity index (χ2n) is 5.64. The molecule has 0 aliphatic carbocycles. The predicted molar refractivity (Wildman–Crippen MR) is 105 cm³/mol. The van der Waals surface area contributed by atoms with Crippen LogP contribution in [0.4, 0.5) is 5.95 Å². The van der Waals surface area contributed by atoms with Crippen molar-refractivity contribution in [2.75, 3.05) is 11.9 Å². The van der Waals surface area contributed by atoms with Crippen molar-refractivity contribution in [1.29, 1.82) is 0 Å². The number of hydrogen-bond donors (Lipinski definition) is 1. The van der Waals surface area contributed by atoms with Crippen LogP contribution in [0.25, 0.3) is 16.7 Å². The maximum absolute atomic E-state index is 4.64. The van der Waals surface area contributed by atoms with Crippen molar-refractivity contribution in [3.63, 3.8) is 0 Å². The molecule has 0 spiro atoms. The summed E-state index contributed by atoms with van der Waals surface area (Å²) in [5.74, 6) is 1.49. The maximum atomic E-state index is 4.64. The third-order valence-electron chi connectivity index (χ3n) is 3.90. The fourth-order valence-corrected chi connectivity index (χ4v) is 2.76. The summed E-state index contributed by atoms with van der Waals surface area (Å²) in [6.45, 7) is 6.53. The topological polar surface area (TPSA) is 42.7 Å². The number of aromatic nitrogens is 3. The van der Waals surface area contributed by atoms with Gasteiger partial charge in [-0.15, -0.1) is 0 Å². The molecule has 25 heavy (non-hydrogen) atoms. The minimum atomic E-state index is 0.633. The van der Waals surface area contributed by atoms with Gasteiger partial charge in [-0.25, -0.2) is 4.98 Å². The first-order chi connectivity index (χ1) is 12.3. The lowest BCUT2D eigenvalue weighted by Gasteiger charge is -2.08. The zero-order valence-electron chi connectivity index (χ0n) is 14.4. The average Bonchev–Trinajstić information content (AvgIpc) is 3.06. The van der Waals surface area contributed by atoms with Crippen molar-refractivity contribution >= 4 is 16.9 Å². The van der Waals surface area contributed by atoms with E-state index in [1.54, 1.807) is 6.20 Å². The fourth-order valence-electron chi connectivity index (χ4n) is 2.76. The molecule has 0 aliphatic heterocycles. The van der Waals surface area contributed by atoms with Gasteiger partial charge in [0.15, 0.2) is 0 Å². The van der Waals surface area contributed by atoms with E-state index in [2.05, 4.69) is 50.7 Å². The number of para-hydroxylation sites is 1. The molecule has 2 heterocycles. The molecule has 126 valence electrons. The zero-order chi connectivity index (χ0) is 17.5. The zero-order valence-corrected chi connectivity index (χ0v) is 14.4. The molecule has 0 aliphatic rings. The minimum Gasteiger partial charge on any atom is -0.354 e. The molecular weight excluding hydrogens is 308 g/mol. The lowest BCUT2D eigenvalue weighted by Crippen LogP contribution is -2.07. The Kier molecular flexibility index (Phi) is 5.42. The van der Waals surface area contributed by atoms with E-state index in [1.807, 2.05) is 49.5 Å². The molecule has 3 aromatic rings. The molecule has 3 rings (SSSR count). The van der Waals surface area contributed by atoms with Gasteiger partial charge in [-0.1, -0.05) is 49.1 Å². The monoisotopic (exact) mass is 330 g/mol. The summed E-state index contributed by atoms with van der Waals surface area (Å²) < 4.78 is 2.07. The van der Waals surface area contributed by atoms with Crippen LogP contribution in [0.2, 0.25) is 0 Å². The van der Waals surface area contributed by atoms with Crippen molar-refractivity contribution in [2.24, 2.45) is 0 Å². The molecule has 0 radical (unpaired) electrons. The second kappa shape index (κ2) is 8.11. The Bertz CT molecular complexity index is 918. The SMILES string of the molecule is C=C/C=C(\C=C/C)CCNc1nccc(-n2ccc3ccccc32)n1. The molecule has 1 N–H and O–H groups in total. The van der Waals surface area contributed by atoms with Crippen LogP contribution >= 0.6 is 0 Å². The van der Waals surface area contributed by atoms with Gasteiger partial charge in [0.25, 0.3) is 0 Å². The van der Waals surface area contributed by atoms with Crippen LogP contribution in [-0.2, 0) is 0 Å². The number of allylic oxidation sites excluding steroid dienone is 4. The van der Waals surface area contributed by atoms with E-state index in [1.165, 1.54) is 11.0 Å².